The van der Waals surface area contributed by atoms with Crippen LogP contribution in [0.4, 0.5) is 9.80 Å². The lowest BCUT2D eigenvalue weighted by molar-refractivity contribution is -0.118. The van der Waals surface area contributed by atoms with Crippen LogP contribution in [-0.2, 0) is 29.0 Å². The molecule has 3 rings (SSSR count). The molecule has 2 N–H and O–H groups in total. The lowest BCUT2D eigenvalue weighted by atomic mass is 9.94. The Kier molecular flexibility index (Phi) is 5.58. The highest BCUT2D eigenvalue weighted by Crippen LogP contribution is 2.37. The van der Waals surface area contributed by atoms with Gasteiger partial charge in [0.15, 0.2) is 0 Å². The van der Waals surface area contributed by atoms with Crippen LogP contribution < -0.4 is 10.6 Å². The van der Waals surface area contributed by atoms with E-state index >= 15 is 0 Å². The fraction of sp³-hybridized carbons (Fsp3) is 0.278. The quantitative estimate of drug-likeness (QED) is 0.833. The van der Waals surface area contributed by atoms with Gasteiger partial charge in [-0.1, -0.05) is 23.7 Å². The summed E-state index contributed by atoms with van der Waals surface area (Å²) in [7, 11) is 1.53. The number of rotatable bonds is 4. The van der Waals surface area contributed by atoms with Crippen molar-refractivity contribution in [1.29, 1.82) is 0 Å². The number of carbonyl (C=O) groups is 3. The van der Waals surface area contributed by atoms with Gasteiger partial charge in [0.2, 0.25) is 0 Å². The van der Waals surface area contributed by atoms with Gasteiger partial charge in [-0.25, -0.2) is 4.79 Å². The van der Waals surface area contributed by atoms with Crippen molar-refractivity contribution in [3.8, 4) is 0 Å². The molecule has 1 aliphatic rings. The molecule has 0 saturated heterocycles. The minimum absolute atomic E-state index is 0.0852. The molecule has 0 aliphatic heterocycles. The van der Waals surface area contributed by atoms with Crippen LogP contribution in [0.5, 0.6) is 0 Å². The van der Waals surface area contributed by atoms with Gasteiger partial charge in [-0.3, -0.25) is 14.9 Å². The van der Waals surface area contributed by atoms with E-state index in [4.69, 9.17) is 16.3 Å². The first-order chi connectivity index (χ1) is 12.5. The van der Waals surface area contributed by atoms with Gasteiger partial charge in [0.25, 0.3) is 5.91 Å². The number of anilines is 1. The zero-order valence-corrected chi connectivity index (χ0v) is 15.6. The number of Topliss-reactive ketones (excluding diaryl/α,β-unsaturated/α-hetero) is 1. The molecule has 0 atom stereocenters. The summed E-state index contributed by atoms with van der Waals surface area (Å²) in [5, 5.41) is 6.23. The molecule has 0 fully saturated rings. The smallest absolute Gasteiger partial charge is 0.412 e. The molecule has 0 unspecified atom stereocenters. The number of hydrogen-bond donors (Lipinski definition) is 2. The first kappa shape index (κ1) is 18.4. The number of benzene rings is 1. The first-order valence-corrected chi connectivity index (χ1v) is 9.24. The fourth-order valence-corrected chi connectivity index (χ4v) is 4.15. The van der Waals surface area contributed by atoms with Crippen molar-refractivity contribution < 1.29 is 19.1 Å². The highest BCUT2D eigenvalue weighted by Gasteiger charge is 2.28. The van der Waals surface area contributed by atoms with Crippen LogP contribution in [0.1, 0.15) is 32.8 Å². The van der Waals surface area contributed by atoms with E-state index in [0.717, 1.165) is 16.0 Å². The molecule has 6 nitrogen and oxygen atoms in total. The zero-order chi connectivity index (χ0) is 18.7. The maximum Gasteiger partial charge on any atom is 0.412 e. The van der Waals surface area contributed by atoms with Gasteiger partial charge in [-0.05, 0) is 29.7 Å². The first-order valence-electron chi connectivity index (χ1n) is 8.04. The number of ketones is 1. The van der Waals surface area contributed by atoms with Crippen LogP contribution in [0, 0.1) is 0 Å². The second kappa shape index (κ2) is 7.88. The molecule has 1 aromatic carbocycles. The molecule has 1 aliphatic carbocycles. The summed E-state index contributed by atoms with van der Waals surface area (Å²) < 4.78 is 5.21. The zero-order valence-electron chi connectivity index (χ0n) is 14.1. The SMILES string of the molecule is CNC(=O)c1c(NC(=O)OCc2ccc(Cl)cc2)sc2c1CCC(=O)C2. The number of ether oxygens (including phenoxy) is 1. The Morgan fingerprint density at radius 2 is 1.96 bits per heavy atom. The standard InChI is InChI=1S/C18H17ClN2O4S/c1-20-16(23)15-13-7-6-12(22)8-14(13)26-17(15)21-18(24)25-9-10-2-4-11(19)5-3-10/h2-5H,6-9H2,1H3,(H,20,23)(H,21,24). The maximum atomic E-state index is 12.2. The van der Waals surface area contributed by atoms with Crippen molar-refractivity contribution in [2.24, 2.45) is 0 Å². The van der Waals surface area contributed by atoms with Crippen LogP contribution in [0.15, 0.2) is 24.3 Å². The third-order valence-electron chi connectivity index (χ3n) is 4.06. The average Bonchev–Trinajstić information content (AvgIpc) is 2.97. The second-order valence-electron chi connectivity index (χ2n) is 5.83. The number of halogens is 1. The highest BCUT2D eigenvalue weighted by molar-refractivity contribution is 7.17. The number of nitrogens with one attached hydrogen (secondary N) is 2. The Hall–Kier alpha value is -2.38. The summed E-state index contributed by atoms with van der Waals surface area (Å²) >= 11 is 7.07. The molecule has 0 radical (unpaired) electrons. The maximum absolute atomic E-state index is 12.2. The average molecular weight is 393 g/mol. The van der Waals surface area contributed by atoms with Gasteiger partial charge in [0.1, 0.15) is 17.4 Å². The molecule has 136 valence electrons. The molecule has 26 heavy (non-hydrogen) atoms. The van der Waals surface area contributed by atoms with E-state index < -0.39 is 6.09 Å². The summed E-state index contributed by atoms with van der Waals surface area (Å²) in [6.07, 6.45) is 0.559. The summed E-state index contributed by atoms with van der Waals surface area (Å²) in [4.78, 5) is 36.9. The van der Waals surface area contributed by atoms with E-state index in [1.165, 1.54) is 18.4 Å². The van der Waals surface area contributed by atoms with Gasteiger partial charge in [0, 0.05) is 29.8 Å². The molecule has 1 heterocycles. The molecular formula is C18H17ClN2O4S. The van der Waals surface area contributed by atoms with Gasteiger partial charge >= 0.3 is 6.09 Å². The lowest BCUT2D eigenvalue weighted by Gasteiger charge is -2.11. The minimum Gasteiger partial charge on any atom is -0.444 e. The third kappa shape index (κ3) is 4.05. The number of hydrogen-bond acceptors (Lipinski definition) is 5. The summed E-state index contributed by atoms with van der Waals surface area (Å²) in [5.41, 5.74) is 2.05. The van der Waals surface area contributed by atoms with Crippen LogP contribution in [0.3, 0.4) is 0 Å². The normalized spacial score (nSPS) is 13.1. The molecule has 2 aromatic rings. The number of amides is 2. The number of thiophene rings is 1. The fourth-order valence-electron chi connectivity index (χ4n) is 2.76. The molecule has 0 bridgehead atoms. The lowest BCUT2D eigenvalue weighted by Crippen LogP contribution is -2.23. The molecule has 0 spiro atoms. The summed E-state index contributed by atoms with van der Waals surface area (Å²) in [6.45, 7) is 0.0852. The largest absolute Gasteiger partial charge is 0.444 e. The second-order valence-corrected chi connectivity index (χ2v) is 7.37. The molecular weight excluding hydrogens is 376 g/mol. The van der Waals surface area contributed by atoms with E-state index in [0.29, 0.717) is 34.8 Å². The van der Waals surface area contributed by atoms with E-state index in [1.807, 2.05) is 0 Å². The van der Waals surface area contributed by atoms with Crippen LogP contribution in [-0.4, -0.2) is 24.8 Å². The Bertz CT molecular complexity index is 861. The third-order valence-corrected chi connectivity index (χ3v) is 5.45. The molecule has 1 aromatic heterocycles. The Morgan fingerprint density at radius 3 is 2.65 bits per heavy atom. The van der Waals surface area contributed by atoms with E-state index in [9.17, 15) is 14.4 Å². The molecule has 2 amide bonds. The predicted octanol–water partition coefficient (Wildman–Crippen LogP) is 3.57. The van der Waals surface area contributed by atoms with E-state index in [1.54, 1.807) is 24.3 Å². The Morgan fingerprint density at radius 1 is 1.23 bits per heavy atom. The summed E-state index contributed by atoms with van der Waals surface area (Å²) in [5.74, 6) is -0.149. The highest BCUT2D eigenvalue weighted by atomic mass is 35.5. The van der Waals surface area contributed by atoms with Crippen molar-refractivity contribution in [2.45, 2.75) is 25.9 Å². The Labute approximate surface area is 159 Å². The van der Waals surface area contributed by atoms with Crippen molar-refractivity contribution in [2.75, 3.05) is 12.4 Å². The van der Waals surface area contributed by atoms with Gasteiger partial charge < -0.3 is 10.1 Å². The molecule has 0 saturated carbocycles. The van der Waals surface area contributed by atoms with Crippen LogP contribution in [0.2, 0.25) is 5.02 Å². The van der Waals surface area contributed by atoms with Crippen LogP contribution in [0.25, 0.3) is 0 Å². The topological polar surface area (TPSA) is 84.5 Å². The van der Waals surface area contributed by atoms with Crippen molar-refractivity contribution in [1.82, 2.24) is 5.32 Å². The predicted molar refractivity (Wildman–Crippen MR) is 100 cm³/mol. The van der Waals surface area contributed by atoms with Crippen molar-refractivity contribution in [3.05, 3.63) is 50.9 Å². The summed E-state index contributed by atoms with van der Waals surface area (Å²) in [6, 6.07) is 6.96. The minimum atomic E-state index is -0.657. The Balaban J connectivity index is 1.74. The van der Waals surface area contributed by atoms with E-state index in [2.05, 4.69) is 10.6 Å². The van der Waals surface area contributed by atoms with Gasteiger partial charge in [-0.15, -0.1) is 11.3 Å². The van der Waals surface area contributed by atoms with E-state index in [-0.39, 0.29) is 18.3 Å². The van der Waals surface area contributed by atoms with Crippen molar-refractivity contribution in [3.63, 3.8) is 0 Å². The van der Waals surface area contributed by atoms with Gasteiger partial charge in [0.05, 0.1) is 5.56 Å². The monoisotopic (exact) mass is 392 g/mol. The van der Waals surface area contributed by atoms with Crippen molar-refractivity contribution >= 4 is 45.7 Å². The number of fused-ring (bicyclic) bond motifs is 1. The van der Waals surface area contributed by atoms with Gasteiger partial charge in [-0.2, -0.15) is 0 Å². The number of carbonyl (C=O) groups excluding carboxylic acids is 3. The molecule has 8 heteroatoms. The van der Waals surface area contributed by atoms with Crippen LogP contribution >= 0.6 is 22.9 Å².